The largest absolute Gasteiger partial charge is 0.495 e. The molecule has 0 radical (unpaired) electrons. The number of benzene rings is 1. The molecule has 8 nitrogen and oxygen atoms in total. The van der Waals surface area contributed by atoms with Gasteiger partial charge in [-0.25, -0.2) is 9.48 Å². The van der Waals surface area contributed by atoms with Crippen LogP contribution >= 0.6 is 23.2 Å². The zero-order valence-corrected chi connectivity index (χ0v) is 18.7. The molecule has 0 N–H and O–H groups in total. The molecular weight excluding hydrogens is 431 g/mol. The molecule has 1 fully saturated rings. The van der Waals surface area contributed by atoms with Gasteiger partial charge in [0.15, 0.2) is 5.69 Å². The Bertz CT molecular complexity index is 939. The molecule has 2 heterocycles. The van der Waals surface area contributed by atoms with Crippen LogP contribution in [0, 0.1) is 6.92 Å². The molecule has 0 aliphatic carbocycles. The summed E-state index contributed by atoms with van der Waals surface area (Å²) in [5, 5.41) is 5.00. The molecule has 3 rings (SSSR count). The molecule has 1 aromatic carbocycles. The third-order valence-corrected chi connectivity index (χ3v) is 5.71. The smallest absolute Gasteiger partial charge is 0.358 e. The van der Waals surface area contributed by atoms with E-state index in [4.69, 9.17) is 32.7 Å². The number of hydrogen-bond donors (Lipinski definition) is 0. The molecule has 30 heavy (non-hydrogen) atoms. The highest BCUT2D eigenvalue weighted by molar-refractivity contribution is 6.34. The predicted molar refractivity (Wildman–Crippen MR) is 115 cm³/mol. The van der Waals surface area contributed by atoms with E-state index in [0.717, 1.165) is 5.69 Å². The summed E-state index contributed by atoms with van der Waals surface area (Å²) < 4.78 is 11.7. The maximum atomic E-state index is 12.8. The quantitative estimate of drug-likeness (QED) is 0.624. The summed E-state index contributed by atoms with van der Waals surface area (Å²) in [6.45, 7) is 5.96. The van der Waals surface area contributed by atoms with Crippen LogP contribution < -0.4 is 9.64 Å². The topological polar surface area (TPSA) is 76.9 Å². The van der Waals surface area contributed by atoms with Crippen molar-refractivity contribution >= 4 is 40.8 Å². The number of piperazine rings is 1. The van der Waals surface area contributed by atoms with E-state index in [1.54, 1.807) is 31.9 Å². The fraction of sp³-hybridized carbons (Fsp3) is 0.450. The number of methoxy groups -OCH3 is 1. The zero-order chi connectivity index (χ0) is 21.8. The van der Waals surface area contributed by atoms with Gasteiger partial charge in [0.05, 0.1) is 29.5 Å². The number of hydrogen-bond acceptors (Lipinski definition) is 6. The first-order chi connectivity index (χ1) is 14.3. The van der Waals surface area contributed by atoms with Crippen LogP contribution in [0.25, 0.3) is 0 Å². The second-order valence-corrected chi connectivity index (χ2v) is 7.60. The minimum atomic E-state index is -0.586. The summed E-state index contributed by atoms with van der Waals surface area (Å²) in [4.78, 5) is 29.0. The number of esters is 1. The van der Waals surface area contributed by atoms with Gasteiger partial charge in [-0.15, -0.1) is 0 Å². The average molecular weight is 455 g/mol. The normalized spacial score (nSPS) is 14.0. The maximum absolute atomic E-state index is 12.8. The number of nitrogens with zero attached hydrogens (tertiary/aromatic N) is 4. The Morgan fingerprint density at radius 2 is 1.87 bits per heavy atom. The summed E-state index contributed by atoms with van der Waals surface area (Å²) in [6.07, 6.45) is 0. The van der Waals surface area contributed by atoms with Crippen molar-refractivity contribution in [2.45, 2.75) is 20.4 Å². The Morgan fingerprint density at radius 1 is 1.17 bits per heavy atom. The van der Waals surface area contributed by atoms with E-state index in [1.807, 2.05) is 12.1 Å². The first-order valence-electron chi connectivity index (χ1n) is 9.62. The van der Waals surface area contributed by atoms with Crippen molar-refractivity contribution in [3.05, 3.63) is 39.6 Å². The number of carbonyl (C=O) groups is 2. The van der Waals surface area contributed by atoms with Crippen LogP contribution in [-0.2, 0) is 16.1 Å². The van der Waals surface area contributed by atoms with E-state index in [2.05, 4.69) is 10.00 Å². The number of ether oxygens (including phenoxy) is 2. The molecule has 1 amide bonds. The van der Waals surface area contributed by atoms with Gasteiger partial charge in [0.25, 0.3) is 0 Å². The summed E-state index contributed by atoms with van der Waals surface area (Å²) in [7, 11) is 1.58. The van der Waals surface area contributed by atoms with E-state index < -0.39 is 5.97 Å². The van der Waals surface area contributed by atoms with Gasteiger partial charge in [-0.2, -0.15) is 5.10 Å². The van der Waals surface area contributed by atoms with Gasteiger partial charge in [-0.05, 0) is 26.0 Å². The predicted octanol–water partition coefficient (Wildman–Crippen LogP) is 3.03. The maximum Gasteiger partial charge on any atom is 0.358 e. The second-order valence-electron chi connectivity index (χ2n) is 6.81. The molecule has 0 bridgehead atoms. The lowest BCUT2D eigenvalue weighted by Crippen LogP contribution is -2.49. The van der Waals surface area contributed by atoms with Gasteiger partial charge >= 0.3 is 5.97 Å². The Balaban J connectivity index is 1.65. The number of carbonyl (C=O) groups excluding carboxylic acids is 2. The second kappa shape index (κ2) is 9.57. The van der Waals surface area contributed by atoms with Crippen molar-refractivity contribution in [2.24, 2.45) is 0 Å². The third-order valence-electron chi connectivity index (χ3n) is 4.94. The first-order valence-corrected chi connectivity index (χ1v) is 10.4. The van der Waals surface area contributed by atoms with E-state index in [9.17, 15) is 9.59 Å². The lowest BCUT2D eigenvalue weighted by molar-refractivity contribution is -0.132. The van der Waals surface area contributed by atoms with Gasteiger partial charge in [0, 0.05) is 37.9 Å². The summed E-state index contributed by atoms with van der Waals surface area (Å²) >= 11 is 12.3. The van der Waals surface area contributed by atoms with Crippen LogP contribution in [0.5, 0.6) is 5.75 Å². The van der Waals surface area contributed by atoms with Gasteiger partial charge in [0.1, 0.15) is 12.3 Å². The molecule has 162 valence electrons. The number of halogens is 2. The van der Waals surface area contributed by atoms with Gasteiger partial charge < -0.3 is 19.3 Å². The number of rotatable bonds is 6. The van der Waals surface area contributed by atoms with Crippen molar-refractivity contribution in [1.29, 1.82) is 0 Å². The fourth-order valence-corrected chi connectivity index (χ4v) is 3.76. The van der Waals surface area contributed by atoms with Crippen molar-refractivity contribution in [3.8, 4) is 5.75 Å². The molecule has 0 spiro atoms. The number of amides is 1. The van der Waals surface area contributed by atoms with Crippen molar-refractivity contribution in [3.63, 3.8) is 0 Å². The van der Waals surface area contributed by atoms with Crippen LogP contribution in [0.15, 0.2) is 18.2 Å². The number of aromatic nitrogens is 2. The summed E-state index contributed by atoms with van der Waals surface area (Å²) in [6, 6.07) is 5.62. The van der Waals surface area contributed by atoms with Gasteiger partial charge in [-0.3, -0.25) is 4.79 Å². The molecular formula is C20H24Cl2N4O4. The molecule has 1 aromatic heterocycles. The highest BCUT2D eigenvalue weighted by Crippen LogP contribution is 2.30. The number of anilines is 1. The number of aryl methyl sites for hydroxylation is 1. The van der Waals surface area contributed by atoms with E-state index in [0.29, 0.717) is 42.6 Å². The fourth-order valence-electron chi connectivity index (χ4n) is 3.36. The van der Waals surface area contributed by atoms with Crippen LogP contribution in [0.2, 0.25) is 10.0 Å². The van der Waals surface area contributed by atoms with Crippen LogP contribution in [0.1, 0.15) is 23.1 Å². The molecule has 1 saturated heterocycles. The molecule has 0 atom stereocenters. The molecule has 10 heteroatoms. The van der Waals surface area contributed by atoms with Crippen molar-refractivity contribution in [2.75, 3.05) is 44.8 Å². The Labute approximate surface area is 185 Å². The third kappa shape index (κ3) is 4.65. The molecule has 1 aliphatic heterocycles. The lowest BCUT2D eigenvalue weighted by atomic mass is 10.2. The minimum absolute atomic E-state index is 0.0729. The molecule has 0 saturated carbocycles. The SMILES string of the molecule is CCOC(=O)c1c(Cl)c(C)nn1CC(=O)N1CCN(c2ccc(Cl)c(OC)c2)CC1. The minimum Gasteiger partial charge on any atom is -0.495 e. The monoisotopic (exact) mass is 454 g/mol. The van der Waals surface area contributed by atoms with Gasteiger partial charge in [0.2, 0.25) is 5.91 Å². The summed E-state index contributed by atoms with van der Waals surface area (Å²) in [5.41, 5.74) is 1.58. The van der Waals surface area contributed by atoms with Crippen LogP contribution in [0.4, 0.5) is 5.69 Å². The standard InChI is InChI=1S/C20H24Cl2N4O4/c1-4-30-20(28)19-18(22)13(2)23-26(19)12-17(27)25-9-7-24(8-10-25)14-5-6-15(21)16(11-14)29-3/h5-6,11H,4,7-10,12H2,1-3H3. The molecule has 0 unspecified atom stereocenters. The zero-order valence-electron chi connectivity index (χ0n) is 17.2. The van der Waals surface area contributed by atoms with Crippen LogP contribution in [0.3, 0.4) is 0 Å². The Kier molecular flexibility index (Phi) is 7.10. The first kappa shape index (κ1) is 22.2. The van der Waals surface area contributed by atoms with Gasteiger partial charge in [-0.1, -0.05) is 23.2 Å². The Hall–Kier alpha value is -2.45. The van der Waals surface area contributed by atoms with Crippen molar-refractivity contribution < 1.29 is 19.1 Å². The van der Waals surface area contributed by atoms with E-state index >= 15 is 0 Å². The lowest BCUT2D eigenvalue weighted by Gasteiger charge is -2.36. The average Bonchev–Trinajstić information content (AvgIpc) is 3.01. The molecule has 1 aliphatic rings. The highest BCUT2D eigenvalue weighted by Gasteiger charge is 2.26. The van der Waals surface area contributed by atoms with Crippen LogP contribution in [-0.4, -0.2) is 66.5 Å². The van der Waals surface area contributed by atoms with E-state index in [-0.39, 0.29) is 29.8 Å². The van der Waals surface area contributed by atoms with Crippen molar-refractivity contribution in [1.82, 2.24) is 14.7 Å². The Morgan fingerprint density at radius 3 is 2.50 bits per heavy atom. The highest BCUT2D eigenvalue weighted by atomic mass is 35.5. The molecule has 2 aromatic rings. The summed E-state index contributed by atoms with van der Waals surface area (Å²) in [5.74, 6) is -0.101. The van der Waals surface area contributed by atoms with E-state index in [1.165, 1.54) is 4.68 Å².